The molecule has 124 valence electrons. The van der Waals surface area contributed by atoms with Crippen molar-refractivity contribution in [1.29, 1.82) is 0 Å². The number of nitrogens with zero attached hydrogens (tertiary/aromatic N) is 2. The summed E-state index contributed by atoms with van der Waals surface area (Å²) in [6.07, 6.45) is 1.51. The van der Waals surface area contributed by atoms with E-state index in [9.17, 15) is 9.59 Å². The van der Waals surface area contributed by atoms with Gasteiger partial charge in [0.25, 0.3) is 0 Å². The van der Waals surface area contributed by atoms with Crippen LogP contribution in [0.1, 0.15) is 24.3 Å². The molecule has 0 saturated carbocycles. The number of aromatic nitrogens is 2. The monoisotopic (exact) mass is 352 g/mol. The number of hydrogen-bond donors (Lipinski definition) is 2. The van der Waals surface area contributed by atoms with Gasteiger partial charge in [0.15, 0.2) is 0 Å². The Hall–Kier alpha value is -1.67. The lowest BCUT2D eigenvalue weighted by Gasteiger charge is -2.08. The Morgan fingerprint density at radius 2 is 2.04 bits per heavy atom. The van der Waals surface area contributed by atoms with Gasteiger partial charge in [0.1, 0.15) is 16.2 Å². The molecule has 0 aliphatic rings. The van der Waals surface area contributed by atoms with Crippen molar-refractivity contribution in [1.82, 2.24) is 20.6 Å². The largest absolute Gasteiger partial charge is 0.338 e. The molecule has 8 heteroatoms. The number of aryl methyl sites for hydroxylation is 2. The average Bonchev–Trinajstić information content (AvgIpc) is 2.78. The highest BCUT2D eigenvalue weighted by atomic mass is 32.2. The molecule has 0 aliphatic carbocycles. The number of urea groups is 1. The van der Waals surface area contributed by atoms with Crippen LogP contribution in [-0.4, -0.2) is 34.2 Å². The molecule has 2 rings (SSSR count). The lowest BCUT2D eigenvalue weighted by Crippen LogP contribution is -2.41. The number of hydrogen-bond acceptors (Lipinski definition) is 6. The van der Waals surface area contributed by atoms with Gasteiger partial charge in [-0.2, -0.15) is 0 Å². The summed E-state index contributed by atoms with van der Waals surface area (Å²) in [7, 11) is 0. The first-order chi connectivity index (χ1) is 10.9. The number of carbonyl (C=O) groups is 2. The maximum Gasteiger partial charge on any atom is 0.321 e. The SMILES string of the molecule is Cc1sc2ncnc(SCC(=O)NC(=O)NCC(C)C)c2c1C. The van der Waals surface area contributed by atoms with Crippen LogP contribution in [0.5, 0.6) is 0 Å². The predicted octanol–water partition coefficient (Wildman–Crippen LogP) is 2.88. The molecule has 2 heterocycles. The van der Waals surface area contributed by atoms with Gasteiger partial charge >= 0.3 is 6.03 Å². The second kappa shape index (κ2) is 7.74. The summed E-state index contributed by atoms with van der Waals surface area (Å²) in [6.45, 7) is 8.59. The molecule has 0 atom stereocenters. The summed E-state index contributed by atoms with van der Waals surface area (Å²) < 4.78 is 0. The number of carbonyl (C=O) groups excluding carboxylic acids is 2. The number of amides is 3. The zero-order valence-electron chi connectivity index (χ0n) is 13.6. The number of thioether (sulfide) groups is 1. The van der Waals surface area contributed by atoms with Crippen LogP contribution in [0.25, 0.3) is 10.2 Å². The van der Waals surface area contributed by atoms with Crippen molar-refractivity contribution in [3.05, 3.63) is 16.8 Å². The summed E-state index contributed by atoms with van der Waals surface area (Å²) in [5.74, 6) is 0.132. The van der Waals surface area contributed by atoms with Gasteiger partial charge in [-0.25, -0.2) is 14.8 Å². The third-order valence-electron chi connectivity index (χ3n) is 3.19. The maximum atomic E-state index is 11.9. The molecule has 0 radical (unpaired) electrons. The maximum absolute atomic E-state index is 11.9. The highest BCUT2D eigenvalue weighted by Crippen LogP contribution is 2.34. The van der Waals surface area contributed by atoms with Crippen LogP contribution in [-0.2, 0) is 4.79 Å². The molecule has 0 unspecified atom stereocenters. The van der Waals surface area contributed by atoms with Crippen molar-refractivity contribution in [2.24, 2.45) is 5.92 Å². The highest BCUT2D eigenvalue weighted by molar-refractivity contribution is 8.00. The van der Waals surface area contributed by atoms with Gasteiger partial charge in [-0.3, -0.25) is 10.1 Å². The molecule has 0 bridgehead atoms. The van der Waals surface area contributed by atoms with Crippen LogP contribution in [0, 0.1) is 19.8 Å². The summed E-state index contributed by atoms with van der Waals surface area (Å²) in [4.78, 5) is 34.1. The first kappa shape index (κ1) is 17.7. The molecule has 0 aliphatic heterocycles. The molecule has 2 N–H and O–H groups in total. The summed E-state index contributed by atoms with van der Waals surface area (Å²) in [6, 6.07) is -0.459. The van der Waals surface area contributed by atoms with E-state index < -0.39 is 6.03 Å². The van der Waals surface area contributed by atoms with Crippen LogP contribution < -0.4 is 10.6 Å². The fourth-order valence-corrected chi connectivity index (χ4v) is 3.81. The summed E-state index contributed by atoms with van der Waals surface area (Å²) in [5.41, 5.74) is 1.14. The van der Waals surface area contributed by atoms with Gasteiger partial charge in [0, 0.05) is 16.8 Å². The van der Waals surface area contributed by atoms with Crippen molar-refractivity contribution in [3.8, 4) is 0 Å². The molecule has 0 spiro atoms. The molecule has 2 aromatic rings. The molecule has 6 nitrogen and oxygen atoms in total. The van der Waals surface area contributed by atoms with Gasteiger partial charge in [-0.1, -0.05) is 25.6 Å². The van der Waals surface area contributed by atoms with Crippen LogP contribution >= 0.6 is 23.1 Å². The van der Waals surface area contributed by atoms with Crippen molar-refractivity contribution in [2.45, 2.75) is 32.7 Å². The minimum Gasteiger partial charge on any atom is -0.338 e. The van der Waals surface area contributed by atoms with Gasteiger partial charge in [-0.15, -0.1) is 11.3 Å². The smallest absolute Gasteiger partial charge is 0.321 e. The zero-order chi connectivity index (χ0) is 17.0. The molecule has 0 saturated heterocycles. The average molecular weight is 352 g/mol. The Bertz CT molecular complexity index is 728. The molecular weight excluding hydrogens is 332 g/mol. The van der Waals surface area contributed by atoms with E-state index in [-0.39, 0.29) is 11.7 Å². The Morgan fingerprint density at radius 1 is 1.30 bits per heavy atom. The van der Waals surface area contributed by atoms with E-state index >= 15 is 0 Å². The zero-order valence-corrected chi connectivity index (χ0v) is 15.2. The summed E-state index contributed by atoms with van der Waals surface area (Å²) >= 11 is 2.93. The molecule has 23 heavy (non-hydrogen) atoms. The van der Waals surface area contributed by atoms with E-state index in [2.05, 4.69) is 20.6 Å². The van der Waals surface area contributed by atoms with E-state index in [1.165, 1.54) is 23.0 Å². The molecule has 0 fully saturated rings. The first-order valence-corrected chi connectivity index (χ1v) is 9.10. The topological polar surface area (TPSA) is 84.0 Å². The fraction of sp³-hybridized carbons (Fsp3) is 0.467. The second-order valence-electron chi connectivity index (χ2n) is 5.58. The van der Waals surface area contributed by atoms with Gasteiger partial charge in [0.2, 0.25) is 5.91 Å². The van der Waals surface area contributed by atoms with Crippen molar-refractivity contribution in [2.75, 3.05) is 12.3 Å². The van der Waals surface area contributed by atoms with E-state index in [0.29, 0.717) is 12.5 Å². The predicted molar refractivity (Wildman–Crippen MR) is 94.0 cm³/mol. The van der Waals surface area contributed by atoms with E-state index in [0.717, 1.165) is 20.8 Å². The van der Waals surface area contributed by atoms with Crippen LogP contribution in [0.15, 0.2) is 11.4 Å². The van der Waals surface area contributed by atoms with E-state index in [4.69, 9.17) is 0 Å². The molecule has 0 aromatic carbocycles. The van der Waals surface area contributed by atoms with Gasteiger partial charge < -0.3 is 5.32 Å². The standard InChI is InChI=1S/C15H20N4O2S2/c1-8(2)5-16-15(21)19-11(20)6-22-13-12-9(3)10(4)23-14(12)18-7-17-13/h7-8H,5-6H2,1-4H3,(H2,16,19,20,21). The van der Waals surface area contributed by atoms with Crippen LogP contribution in [0.2, 0.25) is 0 Å². The minimum atomic E-state index is -0.459. The Kier molecular flexibility index (Phi) is 5.95. The number of imide groups is 1. The Morgan fingerprint density at radius 3 is 2.74 bits per heavy atom. The molecule has 2 aromatic heterocycles. The van der Waals surface area contributed by atoms with Gasteiger partial charge in [-0.05, 0) is 25.3 Å². The number of rotatable bonds is 5. The van der Waals surface area contributed by atoms with Crippen LogP contribution in [0.3, 0.4) is 0 Å². The van der Waals surface area contributed by atoms with Gasteiger partial charge in [0.05, 0.1) is 5.75 Å². The van der Waals surface area contributed by atoms with Crippen molar-refractivity contribution >= 4 is 45.3 Å². The highest BCUT2D eigenvalue weighted by Gasteiger charge is 2.14. The normalized spacial score (nSPS) is 11.0. The number of fused-ring (bicyclic) bond motifs is 1. The van der Waals surface area contributed by atoms with Crippen molar-refractivity contribution in [3.63, 3.8) is 0 Å². The molecule has 3 amide bonds. The lowest BCUT2D eigenvalue weighted by atomic mass is 10.2. The lowest BCUT2D eigenvalue weighted by molar-refractivity contribution is -0.117. The minimum absolute atomic E-state index is 0.134. The Labute approximate surface area is 143 Å². The third kappa shape index (κ3) is 4.65. The fourth-order valence-electron chi connectivity index (χ4n) is 1.90. The Balaban J connectivity index is 1.96. The summed E-state index contributed by atoms with van der Waals surface area (Å²) in [5, 5.41) is 6.74. The number of nitrogens with one attached hydrogen (secondary N) is 2. The van der Waals surface area contributed by atoms with E-state index in [1.807, 2.05) is 27.7 Å². The van der Waals surface area contributed by atoms with Crippen molar-refractivity contribution < 1.29 is 9.59 Å². The van der Waals surface area contributed by atoms with Crippen LogP contribution in [0.4, 0.5) is 4.79 Å². The third-order valence-corrected chi connectivity index (χ3v) is 5.30. The first-order valence-electron chi connectivity index (χ1n) is 7.29. The van der Waals surface area contributed by atoms with E-state index in [1.54, 1.807) is 11.3 Å². The number of thiophene rings is 1. The second-order valence-corrected chi connectivity index (χ2v) is 7.75. The quantitative estimate of drug-likeness (QED) is 0.638. The molecular formula is C15H20N4O2S2.